The Morgan fingerprint density at radius 2 is 1.70 bits per heavy atom. The minimum Gasteiger partial charge on any atom is -0.387 e. The highest BCUT2D eigenvalue weighted by molar-refractivity contribution is 7.86. The Hall–Kier alpha value is -1.07. The van der Waals surface area contributed by atoms with Crippen LogP contribution in [0.2, 0.25) is 0 Å². The van der Waals surface area contributed by atoms with Crippen LogP contribution in [0.3, 0.4) is 0 Å². The topological polar surface area (TPSA) is 123 Å². The van der Waals surface area contributed by atoms with E-state index in [1.807, 2.05) is 6.92 Å². The Kier molecular flexibility index (Phi) is 5.74. The average Bonchev–Trinajstić information content (AvgIpc) is 2.52. The molecule has 0 aliphatic carbocycles. The first-order valence-electron chi connectivity index (χ1n) is 6.95. The van der Waals surface area contributed by atoms with Crippen molar-refractivity contribution >= 4 is 10.1 Å². The lowest BCUT2D eigenvalue weighted by atomic mass is 9.99. The first-order chi connectivity index (χ1) is 10.8. The monoisotopic (exact) mass is 348 g/mol. The molecule has 1 aromatic carbocycles. The van der Waals surface area contributed by atoms with Crippen LogP contribution in [0.15, 0.2) is 29.2 Å². The third kappa shape index (κ3) is 4.07. The van der Waals surface area contributed by atoms with E-state index in [9.17, 15) is 23.7 Å². The summed E-state index contributed by atoms with van der Waals surface area (Å²) < 4.78 is 39.1. The van der Waals surface area contributed by atoms with Crippen LogP contribution in [0.5, 0.6) is 0 Å². The van der Waals surface area contributed by atoms with Crippen molar-refractivity contribution in [3.05, 3.63) is 29.8 Å². The lowest BCUT2D eigenvalue weighted by Crippen LogP contribution is -2.59. The van der Waals surface area contributed by atoms with Gasteiger partial charge in [-0.05, 0) is 19.1 Å². The zero-order valence-electron chi connectivity index (χ0n) is 12.7. The summed E-state index contributed by atoms with van der Waals surface area (Å²) in [7, 11) is -2.78. The quantitative estimate of drug-likeness (QED) is 0.589. The van der Waals surface area contributed by atoms with Crippen molar-refractivity contribution in [2.75, 3.05) is 13.7 Å². The third-order valence-electron chi connectivity index (χ3n) is 3.60. The molecular formula is C14H20O8S. The molecule has 3 N–H and O–H groups in total. The van der Waals surface area contributed by atoms with E-state index < -0.39 is 47.4 Å². The number of hydrogen-bond acceptors (Lipinski definition) is 8. The molecule has 0 radical (unpaired) electrons. The number of aliphatic hydroxyl groups excluding tert-OH is 3. The maximum absolute atomic E-state index is 12.1. The van der Waals surface area contributed by atoms with Crippen LogP contribution in [0.1, 0.15) is 5.56 Å². The molecule has 1 aliphatic rings. The van der Waals surface area contributed by atoms with Crippen molar-refractivity contribution in [2.24, 2.45) is 0 Å². The van der Waals surface area contributed by atoms with Gasteiger partial charge in [-0.15, -0.1) is 0 Å². The van der Waals surface area contributed by atoms with E-state index in [1.165, 1.54) is 19.2 Å². The van der Waals surface area contributed by atoms with Gasteiger partial charge in [0, 0.05) is 7.11 Å². The highest BCUT2D eigenvalue weighted by Gasteiger charge is 2.44. The normalized spacial score (nSPS) is 32.0. The predicted octanol–water partition coefficient (Wildman–Crippen LogP) is -0.846. The minimum atomic E-state index is -4.03. The molecule has 130 valence electrons. The van der Waals surface area contributed by atoms with Gasteiger partial charge in [-0.1, -0.05) is 17.7 Å². The molecule has 0 amide bonds. The Labute approximate surface area is 134 Å². The molecule has 0 bridgehead atoms. The number of benzene rings is 1. The van der Waals surface area contributed by atoms with Gasteiger partial charge < -0.3 is 24.8 Å². The van der Waals surface area contributed by atoms with Crippen molar-refractivity contribution in [1.29, 1.82) is 0 Å². The molecule has 0 aromatic heterocycles. The number of hydrogen-bond donors (Lipinski definition) is 3. The second kappa shape index (κ2) is 7.22. The Morgan fingerprint density at radius 3 is 2.26 bits per heavy atom. The second-order valence-electron chi connectivity index (χ2n) is 5.30. The zero-order chi connectivity index (χ0) is 17.2. The molecule has 2 rings (SSSR count). The van der Waals surface area contributed by atoms with Crippen molar-refractivity contribution in [3.63, 3.8) is 0 Å². The van der Waals surface area contributed by atoms with Gasteiger partial charge in [0.15, 0.2) is 6.29 Å². The van der Waals surface area contributed by atoms with E-state index in [4.69, 9.17) is 13.7 Å². The van der Waals surface area contributed by atoms with E-state index in [0.29, 0.717) is 0 Å². The number of methoxy groups -OCH3 is 1. The van der Waals surface area contributed by atoms with Crippen molar-refractivity contribution in [1.82, 2.24) is 0 Å². The number of aliphatic hydroxyl groups is 3. The summed E-state index contributed by atoms with van der Waals surface area (Å²) in [4.78, 5) is -0.0303. The van der Waals surface area contributed by atoms with Crippen LogP contribution in [0.4, 0.5) is 0 Å². The molecular weight excluding hydrogens is 328 g/mol. The highest BCUT2D eigenvalue weighted by Crippen LogP contribution is 2.23. The summed E-state index contributed by atoms with van der Waals surface area (Å²) in [6, 6.07) is 6.06. The third-order valence-corrected chi connectivity index (χ3v) is 4.89. The van der Waals surface area contributed by atoms with E-state index in [0.717, 1.165) is 5.56 Å². The SMILES string of the molecule is COC1OC(COS(=O)(=O)c2ccc(C)cc2)C(O)C(O)C1O. The van der Waals surface area contributed by atoms with Gasteiger partial charge in [-0.25, -0.2) is 0 Å². The lowest BCUT2D eigenvalue weighted by molar-refractivity contribution is -0.293. The largest absolute Gasteiger partial charge is 0.387 e. The maximum atomic E-state index is 12.1. The summed E-state index contributed by atoms with van der Waals surface area (Å²) in [6.45, 7) is 1.29. The van der Waals surface area contributed by atoms with Crippen LogP contribution in [0.25, 0.3) is 0 Å². The summed E-state index contributed by atoms with van der Waals surface area (Å²) in [5.74, 6) is 0. The summed E-state index contributed by atoms with van der Waals surface area (Å²) in [5.41, 5.74) is 0.898. The van der Waals surface area contributed by atoms with E-state index >= 15 is 0 Å². The molecule has 9 heteroatoms. The van der Waals surface area contributed by atoms with Gasteiger partial charge in [0.1, 0.15) is 24.4 Å². The standard InChI is InChI=1S/C14H20O8S/c1-8-3-5-9(6-4-8)23(18,19)21-7-10-11(15)12(16)13(17)14(20-2)22-10/h3-6,10-17H,7H2,1-2H3. The molecule has 8 nitrogen and oxygen atoms in total. The molecule has 0 spiro atoms. The van der Waals surface area contributed by atoms with Crippen molar-refractivity contribution in [3.8, 4) is 0 Å². The van der Waals surface area contributed by atoms with Gasteiger partial charge in [0.25, 0.3) is 10.1 Å². The van der Waals surface area contributed by atoms with E-state index in [2.05, 4.69) is 0 Å². The molecule has 1 heterocycles. The highest BCUT2D eigenvalue weighted by atomic mass is 32.2. The van der Waals surface area contributed by atoms with Gasteiger partial charge in [-0.2, -0.15) is 8.42 Å². The first-order valence-corrected chi connectivity index (χ1v) is 8.35. The molecule has 1 fully saturated rings. The average molecular weight is 348 g/mol. The molecule has 1 saturated heterocycles. The predicted molar refractivity (Wildman–Crippen MR) is 78.0 cm³/mol. The maximum Gasteiger partial charge on any atom is 0.297 e. The van der Waals surface area contributed by atoms with E-state index in [1.54, 1.807) is 12.1 Å². The van der Waals surface area contributed by atoms with Gasteiger partial charge in [0.2, 0.25) is 0 Å². The molecule has 1 aromatic rings. The fraction of sp³-hybridized carbons (Fsp3) is 0.571. The summed E-state index contributed by atoms with van der Waals surface area (Å²) in [6.07, 6.45) is -6.85. The van der Waals surface area contributed by atoms with Gasteiger partial charge >= 0.3 is 0 Å². The van der Waals surface area contributed by atoms with Crippen LogP contribution >= 0.6 is 0 Å². The zero-order valence-corrected chi connectivity index (χ0v) is 13.5. The second-order valence-corrected chi connectivity index (χ2v) is 6.92. The van der Waals surface area contributed by atoms with Crippen LogP contribution in [-0.2, 0) is 23.8 Å². The minimum absolute atomic E-state index is 0.0303. The molecule has 0 saturated carbocycles. The fourth-order valence-corrected chi connectivity index (χ4v) is 3.10. The van der Waals surface area contributed by atoms with Crippen molar-refractivity contribution in [2.45, 2.75) is 42.5 Å². The van der Waals surface area contributed by atoms with Crippen LogP contribution < -0.4 is 0 Å². The number of aryl methyl sites for hydroxylation is 1. The Balaban J connectivity index is 2.05. The fourth-order valence-electron chi connectivity index (χ4n) is 2.18. The molecule has 5 unspecified atom stereocenters. The Morgan fingerprint density at radius 1 is 1.09 bits per heavy atom. The molecule has 23 heavy (non-hydrogen) atoms. The molecule has 1 aliphatic heterocycles. The van der Waals surface area contributed by atoms with Crippen molar-refractivity contribution < 1.29 is 37.4 Å². The smallest absolute Gasteiger partial charge is 0.297 e. The Bertz CT molecular complexity index is 612. The van der Waals surface area contributed by atoms with Gasteiger partial charge in [-0.3, -0.25) is 4.18 Å². The number of ether oxygens (including phenoxy) is 2. The summed E-state index contributed by atoms with van der Waals surface area (Å²) in [5, 5.41) is 29.2. The van der Waals surface area contributed by atoms with Crippen LogP contribution in [-0.4, -0.2) is 68.2 Å². The molecule has 5 atom stereocenters. The summed E-state index contributed by atoms with van der Waals surface area (Å²) >= 11 is 0. The van der Waals surface area contributed by atoms with Gasteiger partial charge in [0.05, 0.1) is 11.5 Å². The number of rotatable bonds is 5. The van der Waals surface area contributed by atoms with E-state index in [-0.39, 0.29) is 4.90 Å². The first kappa shape index (κ1) is 18.3. The lowest BCUT2D eigenvalue weighted by Gasteiger charge is -2.39. The van der Waals surface area contributed by atoms with Crippen LogP contribution in [0, 0.1) is 6.92 Å².